The summed E-state index contributed by atoms with van der Waals surface area (Å²) < 4.78 is 0. The molecule has 0 aromatic rings. The number of hydrogen-bond acceptors (Lipinski definition) is 1. The average molecular weight is 247 g/mol. The molecule has 0 saturated carbocycles. The van der Waals surface area contributed by atoms with E-state index in [1.165, 1.54) is 11.1 Å². The van der Waals surface area contributed by atoms with Crippen molar-refractivity contribution in [2.75, 3.05) is 0 Å². The van der Waals surface area contributed by atoms with Gasteiger partial charge in [-0.25, -0.2) is 0 Å². The lowest BCUT2D eigenvalue weighted by Crippen LogP contribution is -2.37. The minimum atomic E-state index is 0.211. The van der Waals surface area contributed by atoms with Gasteiger partial charge in [0.25, 0.3) is 0 Å². The minimum Gasteiger partial charge on any atom is -0.382 e. The van der Waals surface area contributed by atoms with Gasteiger partial charge in [0, 0.05) is 11.7 Å². The quantitative estimate of drug-likeness (QED) is 0.675. The van der Waals surface area contributed by atoms with Crippen molar-refractivity contribution in [2.45, 2.75) is 54.5 Å². The molecule has 0 aliphatic heterocycles. The number of rotatable bonds is 5. The molecular formula is C17H29N. The Kier molecular flexibility index (Phi) is 6.17. The van der Waals surface area contributed by atoms with Gasteiger partial charge in [-0.05, 0) is 38.7 Å². The molecule has 0 rings (SSSR count). The topological polar surface area (TPSA) is 12.0 Å². The monoisotopic (exact) mass is 247 g/mol. The Morgan fingerprint density at radius 1 is 1.06 bits per heavy atom. The summed E-state index contributed by atoms with van der Waals surface area (Å²) in [7, 11) is 0. The molecule has 0 fully saturated rings. The summed E-state index contributed by atoms with van der Waals surface area (Å²) in [6, 6.07) is 0.361. The highest BCUT2D eigenvalue weighted by atomic mass is 14.9. The van der Waals surface area contributed by atoms with Crippen molar-refractivity contribution >= 4 is 0 Å². The molecule has 0 aromatic carbocycles. The molecule has 0 radical (unpaired) electrons. The summed E-state index contributed by atoms with van der Waals surface area (Å²) in [6.45, 7) is 23.2. The lowest BCUT2D eigenvalue weighted by atomic mass is 9.88. The van der Waals surface area contributed by atoms with Gasteiger partial charge in [0.1, 0.15) is 0 Å². The Labute approximate surface area is 113 Å². The summed E-state index contributed by atoms with van der Waals surface area (Å²) in [5.41, 5.74) is 4.64. The second kappa shape index (κ2) is 6.63. The molecule has 1 atom stereocenters. The molecule has 0 aliphatic carbocycles. The van der Waals surface area contributed by atoms with Crippen LogP contribution in [0.2, 0.25) is 0 Å². The van der Waals surface area contributed by atoms with Gasteiger partial charge in [-0.1, -0.05) is 57.2 Å². The van der Waals surface area contributed by atoms with Crippen molar-refractivity contribution < 1.29 is 0 Å². The van der Waals surface area contributed by atoms with E-state index in [2.05, 4.69) is 73.0 Å². The molecule has 0 heterocycles. The first-order valence-corrected chi connectivity index (χ1v) is 6.52. The maximum absolute atomic E-state index is 4.05. The van der Waals surface area contributed by atoms with Gasteiger partial charge in [0.2, 0.25) is 0 Å². The van der Waals surface area contributed by atoms with Crippen molar-refractivity contribution in [1.82, 2.24) is 5.32 Å². The van der Waals surface area contributed by atoms with Gasteiger partial charge in [0.05, 0.1) is 0 Å². The summed E-state index contributed by atoms with van der Waals surface area (Å²) in [5.74, 6) is 0. The molecule has 1 N–H and O–H groups in total. The van der Waals surface area contributed by atoms with E-state index in [1.807, 2.05) is 6.08 Å². The highest BCUT2D eigenvalue weighted by Crippen LogP contribution is 2.20. The predicted molar refractivity (Wildman–Crippen MR) is 83.5 cm³/mol. The van der Waals surface area contributed by atoms with E-state index in [-0.39, 0.29) is 5.41 Å². The lowest BCUT2D eigenvalue weighted by molar-refractivity contribution is 0.304. The zero-order chi connectivity index (χ0) is 14.5. The van der Waals surface area contributed by atoms with E-state index >= 15 is 0 Å². The van der Waals surface area contributed by atoms with Crippen molar-refractivity contribution in [3.8, 4) is 0 Å². The number of allylic oxidation sites excluding steroid dienone is 4. The minimum absolute atomic E-state index is 0.211. The standard InChI is InChI=1S/C17H29N/c1-12(2)13(3)10-11-14(4)15(5)18-16(6)17(7,8)9/h10-11,16,18H,4-5H2,1-3,6-9H3/b11-10-/t16-/m1/s1. The molecule has 0 aromatic heterocycles. The first-order chi connectivity index (χ1) is 8.05. The summed E-state index contributed by atoms with van der Waals surface area (Å²) in [6.07, 6.45) is 4.11. The molecule has 102 valence electrons. The molecule has 0 aliphatic rings. The van der Waals surface area contributed by atoms with Crippen LogP contribution in [0.1, 0.15) is 48.5 Å². The van der Waals surface area contributed by atoms with Crippen LogP contribution in [0.5, 0.6) is 0 Å². The van der Waals surface area contributed by atoms with Crippen molar-refractivity contribution in [3.63, 3.8) is 0 Å². The normalized spacial score (nSPS) is 13.3. The maximum atomic E-state index is 4.05. The molecule has 1 nitrogen and oxygen atoms in total. The van der Waals surface area contributed by atoms with E-state index in [0.29, 0.717) is 6.04 Å². The zero-order valence-corrected chi connectivity index (χ0v) is 13.1. The van der Waals surface area contributed by atoms with Crippen LogP contribution >= 0.6 is 0 Å². The third-order valence-electron chi connectivity index (χ3n) is 3.40. The van der Waals surface area contributed by atoms with Gasteiger partial charge >= 0.3 is 0 Å². The summed E-state index contributed by atoms with van der Waals surface area (Å²) >= 11 is 0. The van der Waals surface area contributed by atoms with Crippen LogP contribution in [0.15, 0.2) is 47.7 Å². The van der Waals surface area contributed by atoms with Gasteiger partial charge in [-0.3, -0.25) is 0 Å². The fourth-order valence-corrected chi connectivity index (χ4v) is 1.06. The molecule has 0 bridgehead atoms. The molecule has 0 saturated heterocycles. The second-order valence-corrected chi connectivity index (χ2v) is 6.25. The zero-order valence-electron chi connectivity index (χ0n) is 13.1. The maximum Gasteiger partial charge on any atom is 0.0336 e. The highest BCUT2D eigenvalue weighted by molar-refractivity contribution is 5.38. The van der Waals surface area contributed by atoms with Crippen LogP contribution in [-0.4, -0.2) is 6.04 Å². The van der Waals surface area contributed by atoms with E-state index in [9.17, 15) is 0 Å². The van der Waals surface area contributed by atoms with Crippen LogP contribution in [0.25, 0.3) is 0 Å². The van der Waals surface area contributed by atoms with Gasteiger partial charge < -0.3 is 5.32 Å². The van der Waals surface area contributed by atoms with Crippen LogP contribution in [-0.2, 0) is 0 Å². The van der Waals surface area contributed by atoms with E-state index in [1.54, 1.807) is 0 Å². The van der Waals surface area contributed by atoms with Crippen LogP contribution in [0.3, 0.4) is 0 Å². The van der Waals surface area contributed by atoms with Gasteiger partial charge in [0.15, 0.2) is 0 Å². The summed E-state index contributed by atoms with van der Waals surface area (Å²) in [4.78, 5) is 0. The largest absolute Gasteiger partial charge is 0.382 e. The lowest BCUT2D eigenvalue weighted by Gasteiger charge is -2.30. The fraction of sp³-hybridized carbons (Fsp3) is 0.529. The Morgan fingerprint density at radius 2 is 1.56 bits per heavy atom. The van der Waals surface area contributed by atoms with E-state index in [0.717, 1.165) is 11.3 Å². The van der Waals surface area contributed by atoms with Crippen molar-refractivity contribution in [1.29, 1.82) is 0 Å². The van der Waals surface area contributed by atoms with E-state index < -0.39 is 0 Å². The van der Waals surface area contributed by atoms with Crippen LogP contribution in [0, 0.1) is 5.41 Å². The molecular weight excluding hydrogens is 218 g/mol. The SMILES string of the molecule is C=C(/C=C\C(C)=C(C)C)C(=C)N[C@H](C)C(C)(C)C. The molecule has 18 heavy (non-hydrogen) atoms. The molecule has 0 spiro atoms. The summed E-state index contributed by atoms with van der Waals surface area (Å²) in [5, 5.41) is 3.41. The number of nitrogens with one attached hydrogen (secondary N) is 1. The fourth-order valence-electron chi connectivity index (χ4n) is 1.06. The van der Waals surface area contributed by atoms with Crippen molar-refractivity contribution in [3.05, 3.63) is 47.7 Å². The first kappa shape index (κ1) is 16.8. The van der Waals surface area contributed by atoms with Crippen LogP contribution < -0.4 is 5.32 Å². The predicted octanol–water partition coefficient (Wildman–Crippen LogP) is 4.99. The Balaban J connectivity index is 4.56. The first-order valence-electron chi connectivity index (χ1n) is 6.52. The van der Waals surface area contributed by atoms with Gasteiger partial charge in [-0.2, -0.15) is 0 Å². The average Bonchev–Trinajstić information content (AvgIpc) is 2.23. The third kappa shape index (κ3) is 5.90. The molecule has 1 heteroatoms. The molecule has 0 unspecified atom stereocenters. The Hall–Kier alpha value is -1.24. The van der Waals surface area contributed by atoms with Crippen molar-refractivity contribution in [2.24, 2.45) is 5.41 Å². The second-order valence-electron chi connectivity index (χ2n) is 6.25. The van der Waals surface area contributed by atoms with Gasteiger partial charge in [-0.15, -0.1) is 0 Å². The molecule has 0 amide bonds. The number of hydrogen-bond donors (Lipinski definition) is 1. The smallest absolute Gasteiger partial charge is 0.0336 e. The van der Waals surface area contributed by atoms with E-state index in [4.69, 9.17) is 0 Å². The Morgan fingerprint density at radius 3 is 1.94 bits per heavy atom. The third-order valence-corrected chi connectivity index (χ3v) is 3.40. The van der Waals surface area contributed by atoms with Crippen LogP contribution in [0.4, 0.5) is 0 Å². The highest BCUT2D eigenvalue weighted by Gasteiger charge is 2.19. The Bertz CT molecular complexity index is 371.